The molecule has 1 amide bonds. The van der Waals surface area contributed by atoms with Crippen molar-refractivity contribution in [2.24, 2.45) is 0 Å². The van der Waals surface area contributed by atoms with Crippen LogP contribution < -0.4 is 21.2 Å². The fourth-order valence-electron chi connectivity index (χ4n) is 3.65. The molecule has 4 aromatic rings. The van der Waals surface area contributed by atoms with E-state index >= 15 is 0 Å². The standard InChI is InChI=1S/C20H19ClN8O3/c1-12-11-27(7-5-23-12)15-2-4-22-9-14(15)25-18(30)19-24-10-17(32-19)29-20(31)28-6-3-13(21)8-16(28)26-29/h2-4,6,8-10,12,23H,5,7,11H2,1H3,(H,25,30). The van der Waals surface area contributed by atoms with Gasteiger partial charge in [0.15, 0.2) is 5.65 Å². The number of aromatic nitrogens is 5. The lowest BCUT2D eigenvalue weighted by atomic mass is 10.2. The van der Waals surface area contributed by atoms with Gasteiger partial charge in [0, 0.05) is 49.2 Å². The molecule has 1 aliphatic heterocycles. The average Bonchev–Trinajstić information content (AvgIpc) is 3.39. The van der Waals surface area contributed by atoms with Gasteiger partial charge in [0.2, 0.25) is 5.88 Å². The predicted molar refractivity (Wildman–Crippen MR) is 118 cm³/mol. The molecule has 1 unspecified atom stereocenters. The first kappa shape index (κ1) is 20.2. The van der Waals surface area contributed by atoms with Crippen molar-refractivity contribution >= 4 is 34.5 Å². The third-order valence-electron chi connectivity index (χ3n) is 5.14. The number of oxazole rings is 1. The Hall–Kier alpha value is -3.70. The molecule has 0 radical (unpaired) electrons. The Morgan fingerprint density at radius 2 is 2.22 bits per heavy atom. The quantitative estimate of drug-likeness (QED) is 0.476. The maximum atomic E-state index is 12.8. The Bertz CT molecular complexity index is 1360. The Labute approximate surface area is 186 Å². The largest absolute Gasteiger partial charge is 0.414 e. The van der Waals surface area contributed by atoms with E-state index in [9.17, 15) is 9.59 Å². The summed E-state index contributed by atoms with van der Waals surface area (Å²) in [6.45, 7) is 4.56. The van der Waals surface area contributed by atoms with Crippen LogP contribution in [-0.2, 0) is 0 Å². The number of pyridine rings is 2. The molecule has 0 aliphatic carbocycles. The Morgan fingerprint density at radius 1 is 1.34 bits per heavy atom. The van der Waals surface area contributed by atoms with E-state index in [0.717, 1.165) is 30.0 Å². The first-order chi connectivity index (χ1) is 15.5. The fourth-order valence-corrected chi connectivity index (χ4v) is 3.80. The number of piperazine rings is 1. The monoisotopic (exact) mass is 454 g/mol. The van der Waals surface area contributed by atoms with Crippen molar-refractivity contribution in [2.45, 2.75) is 13.0 Å². The van der Waals surface area contributed by atoms with Gasteiger partial charge in [-0.1, -0.05) is 11.6 Å². The third kappa shape index (κ3) is 3.72. The highest BCUT2D eigenvalue weighted by Crippen LogP contribution is 2.26. The number of hydrogen-bond donors (Lipinski definition) is 2. The number of nitrogens with one attached hydrogen (secondary N) is 2. The van der Waals surface area contributed by atoms with Crippen molar-refractivity contribution in [3.05, 3.63) is 64.4 Å². The van der Waals surface area contributed by atoms with Crippen LogP contribution in [0.3, 0.4) is 0 Å². The number of halogens is 1. The third-order valence-corrected chi connectivity index (χ3v) is 5.37. The summed E-state index contributed by atoms with van der Waals surface area (Å²) >= 11 is 5.96. The lowest BCUT2D eigenvalue weighted by Gasteiger charge is -2.34. The zero-order valence-electron chi connectivity index (χ0n) is 17.0. The van der Waals surface area contributed by atoms with Gasteiger partial charge in [-0.2, -0.15) is 0 Å². The number of rotatable bonds is 4. The van der Waals surface area contributed by atoms with Gasteiger partial charge in [-0.3, -0.25) is 9.78 Å². The molecule has 0 bridgehead atoms. The molecule has 164 valence electrons. The van der Waals surface area contributed by atoms with Crippen molar-refractivity contribution in [3.63, 3.8) is 0 Å². The van der Waals surface area contributed by atoms with Crippen molar-refractivity contribution in [3.8, 4) is 5.88 Å². The molecule has 12 heteroatoms. The summed E-state index contributed by atoms with van der Waals surface area (Å²) in [4.78, 5) is 35.7. The highest BCUT2D eigenvalue weighted by atomic mass is 35.5. The van der Waals surface area contributed by atoms with Gasteiger partial charge in [0.05, 0.1) is 23.8 Å². The fraction of sp³-hybridized carbons (Fsp3) is 0.250. The highest BCUT2D eigenvalue weighted by Gasteiger charge is 2.22. The maximum Gasteiger partial charge on any atom is 0.357 e. The number of fused-ring (bicyclic) bond motifs is 1. The first-order valence-corrected chi connectivity index (χ1v) is 10.3. The molecule has 1 fully saturated rings. The van der Waals surface area contributed by atoms with Gasteiger partial charge in [0.25, 0.3) is 5.89 Å². The topological polar surface area (TPSA) is 123 Å². The summed E-state index contributed by atoms with van der Waals surface area (Å²) in [5, 5.41) is 10.8. The van der Waals surface area contributed by atoms with Crippen LogP contribution in [0, 0.1) is 0 Å². The zero-order valence-corrected chi connectivity index (χ0v) is 17.8. The molecule has 1 aliphatic rings. The van der Waals surface area contributed by atoms with Gasteiger partial charge in [-0.25, -0.2) is 14.2 Å². The minimum atomic E-state index is -0.562. The Morgan fingerprint density at radius 3 is 3.06 bits per heavy atom. The van der Waals surface area contributed by atoms with Gasteiger partial charge >= 0.3 is 11.6 Å². The Kier molecular flexibility index (Phi) is 5.11. The molecule has 0 aromatic carbocycles. The van der Waals surface area contributed by atoms with Crippen LogP contribution in [0.15, 0.2) is 52.2 Å². The second kappa shape index (κ2) is 8.09. The molecule has 0 saturated carbocycles. The van der Waals surface area contributed by atoms with Crippen molar-refractivity contribution in [2.75, 3.05) is 29.9 Å². The lowest BCUT2D eigenvalue weighted by Crippen LogP contribution is -2.49. The van der Waals surface area contributed by atoms with Gasteiger partial charge in [-0.05, 0) is 19.1 Å². The van der Waals surface area contributed by atoms with E-state index in [-0.39, 0.29) is 11.8 Å². The molecule has 32 heavy (non-hydrogen) atoms. The van der Waals surface area contributed by atoms with Crippen molar-refractivity contribution in [1.29, 1.82) is 0 Å². The smallest absolute Gasteiger partial charge is 0.357 e. The minimum absolute atomic E-state index is 0.0160. The Balaban J connectivity index is 1.40. The summed E-state index contributed by atoms with van der Waals surface area (Å²) in [7, 11) is 0. The summed E-state index contributed by atoms with van der Waals surface area (Å²) in [6.07, 6.45) is 6.05. The molecule has 1 saturated heterocycles. The van der Waals surface area contributed by atoms with Crippen LogP contribution in [0.1, 0.15) is 17.6 Å². The summed E-state index contributed by atoms with van der Waals surface area (Å²) in [5.41, 5.74) is 1.28. The number of carbonyl (C=O) groups is 1. The number of nitrogens with zero attached hydrogens (tertiary/aromatic N) is 6. The number of anilines is 2. The summed E-state index contributed by atoms with van der Waals surface area (Å²) in [5.74, 6) is -0.749. The molecule has 11 nitrogen and oxygen atoms in total. The zero-order chi connectivity index (χ0) is 22.2. The normalized spacial score (nSPS) is 16.4. The molecular formula is C20H19ClN8O3. The highest BCUT2D eigenvalue weighted by molar-refractivity contribution is 6.30. The second-order valence-electron chi connectivity index (χ2n) is 7.42. The second-order valence-corrected chi connectivity index (χ2v) is 7.86. The number of amides is 1. The van der Waals surface area contributed by atoms with Gasteiger partial charge in [-0.15, -0.1) is 9.78 Å². The van der Waals surface area contributed by atoms with Crippen LogP contribution in [0.4, 0.5) is 11.4 Å². The van der Waals surface area contributed by atoms with Crippen LogP contribution >= 0.6 is 11.6 Å². The first-order valence-electron chi connectivity index (χ1n) is 9.96. The molecule has 0 spiro atoms. The molecule has 4 aromatic heterocycles. The van der Waals surface area contributed by atoms with E-state index in [1.807, 2.05) is 6.07 Å². The molecule has 1 atom stereocenters. The summed E-state index contributed by atoms with van der Waals surface area (Å²) in [6, 6.07) is 5.31. The number of hydrogen-bond acceptors (Lipinski definition) is 8. The van der Waals surface area contributed by atoms with Crippen molar-refractivity contribution in [1.82, 2.24) is 29.5 Å². The van der Waals surface area contributed by atoms with Crippen molar-refractivity contribution < 1.29 is 9.21 Å². The average molecular weight is 455 g/mol. The van der Waals surface area contributed by atoms with E-state index in [4.69, 9.17) is 16.0 Å². The van der Waals surface area contributed by atoms with Crippen LogP contribution in [0.25, 0.3) is 11.5 Å². The molecule has 5 heterocycles. The predicted octanol–water partition coefficient (Wildman–Crippen LogP) is 1.57. The van der Waals surface area contributed by atoms with Gasteiger partial charge < -0.3 is 20.0 Å². The van der Waals surface area contributed by atoms with Gasteiger partial charge in [0.1, 0.15) is 0 Å². The van der Waals surface area contributed by atoms with Crippen LogP contribution in [0.2, 0.25) is 5.02 Å². The SMILES string of the molecule is CC1CN(c2ccncc2NC(=O)c2ncc(-n3nc4cc(Cl)ccn4c3=O)o2)CCN1. The van der Waals surface area contributed by atoms with E-state index < -0.39 is 11.6 Å². The summed E-state index contributed by atoms with van der Waals surface area (Å²) < 4.78 is 7.86. The minimum Gasteiger partial charge on any atom is -0.414 e. The number of carbonyl (C=O) groups excluding carboxylic acids is 1. The van der Waals surface area contributed by atoms with Crippen LogP contribution in [0.5, 0.6) is 0 Å². The maximum absolute atomic E-state index is 12.8. The molecule has 5 rings (SSSR count). The van der Waals surface area contributed by atoms with E-state index in [0.29, 0.717) is 22.4 Å². The van der Waals surface area contributed by atoms with E-state index in [1.54, 1.807) is 24.5 Å². The van der Waals surface area contributed by atoms with E-state index in [1.165, 1.54) is 16.8 Å². The van der Waals surface area contributed by atoms with E-state index in [2.05, 4.69) is 37.5 Å². The molecule has 2 N–H and O–H groups in total. The lowest BCUT2D eigenvalue weighted by molar-refractivity contribution is 0.0989. The van der Waals surface area contributed by atoms with Crippen LogP contribution in [-0.4, -0.2) is 55.7 Å². The molecular weight excluding hydrogens is 436 g/mol.